The van der Waals surface area contributed by atoms with Gasteiger partial charge in [-0.2, -0.15) is 0 Å². The van der Waals surface area contributed by atoms with E-state index in [1.807, 2.05) is 0 Å². The Morgan fingerprint density at radius 3 is 2.62 bits per heavy atom. The highest BCUT2D eigenvalue weighted by atomic mass is 16.5. The molecule has 0 bridgehead atoms. The Hall–Kier alpha value is -2.17. The molecule has 16 heavy (non-hydrogen) atoms. The Morgan fingerprint density at radius 2 is 2.00 bits per heavy atom. The molecular weight excluding hydrogens is 210 g/mol. The molecule has 0 N–H and O–H groups in total. The molecule has 1 heterocycles. The lowest BCUT2D eigenvalue weighted by Gasteiger charge is -1.99. The second-order valence-electron chi connectivity index (χ2n) is 2.86. The van der Waals surface area contributed by atoms with Crippen molar-refractivity contribution in [3.63, 3.8) is 0 Å². The second-order valence-corrected chi connectivity index (χ2v) is 2.86. The van der Waals surface area contributed by atoms with Crippen LogP contribution in [0.3, 0.4) is 0 Å². The third kappa shape index (κ3) is 3.20. The molecule has 0 spiro atoms. The van der Waals surface area contributed by atoms with E-state index in [9.17, 15) is 9.59 Å². The number of pyridine rings is 1. The molecule has 0 aromatic carbocycles. The number of ether oxygens (including phenoxy) is 2. The van der Waals surface area contributed by atoms with Crippen LogP contribution in [0.25, 0.3) is 6.08 Å². The van der Waals surface area contributed by atoms with E-state index in [2.05, 4.69) is 14.5 Å². The smallest absolute Gasteiger partial charge is 0.339 e. The molecule has 0 aliphatic heterocycles. The van der Waals surface area contributed by atoms with Crippen molar-refractivity contribution in [2.45, 2.75) is 0 Å². The van der Waals surface area contributed by atoms with Crippen LogP contribution in [0.15, 0.2) is 24.5 Å². The first-order chi connectivity index (χ1) is 7.67. The Kier molecular flexibility index (Phi) is 4.20. The summed E-state index contributed by atoms with van der Waals surface area (Å²) in [5, 5.41) is 0. The van der Waals surface area contributed by atoms with Crippen molar-refractivity contribution in [2.24, 2.45) is 0 Å². The molecular formula is C11H11NO4. The van der Waals surface area contributed by atoms with E-state index in [1.165, 1.54) is 38.8 Å². The van der Waals surface area contributed by atoms with Crippen molar-refractivity contribution < 1.29 is 19.1 Å². The molecule has 1 aromatic rings. The average Bonchev–Trinajstić information content (AvgIpc) is 2.35. The highest BCUT2D eigenvalue weighted by Gasteiger charge is 2.05. The lowest BCUT2D eigenvalue weighted by Crippen LogP contribution is -2.01. The molecule has 0 saturated heterocycles. The maximum Gasteiger partial charge on any atom is 0.339 e. The number of rotatable bonds is 3. The minimum atomic E-state index is -0.471. The molecule has 1 aromatic heterocycles. The van der Waals surface area contributed by atoms with Gasteiger partial charge in [-0.15, -0.1) is 0 Å². The van der Waals surface area contributed by atoms with Gasteiger partial charge >= 0.3 is 11.9 Å². The normalized spacial score (nSPS) is 10.1. The van der Waals surface area contributed by atoms with Crippen LogP contribution in [0, 0.1) is 0 Å². The van der Waals surface area contributed by atoms with Gasteiger partial charge in [0.2, 0.25) is 0 Å². The van der Waals surface area contributed by atoms with Gasteiger partial charge in [0.1, 0.15) is 0 Å². The van der Waals surface area contributed by atoms with Gasteiger partial charge in [0.15, 0.2) is 0 Å². The van der Waals surface area contributed by atoms with Crippen LogP contribution in [0.2, 0.25) is 0 Å². The molecule has 5 heteroatoms. The number of hydrogen-bond donors (Lipinski definition) is 0. The molecule has 0 unspecified atom stereocenters. The molecule has 0 aliphatic carbocycles. The van der Waals surface area contributed by atoms with Gasteiger partial charge < -0.3 is 9.47 Å². The molecule has 0 amide bonds. The quantitative estimate of drug-likeness (QED) is 0.564. The van der Waals surface area contributed by atoms with Crippen LogP contribution >= 0.6 is 0 Å². The Balaban J connectivity index is 2.86. The minimum absolute atomic E-state index is 0.328. The standard InChI is InChI=1S/C11H11NO4/c1-15-10(13)4-3-8-5-9(7-12-6-8)11(14)16-2/h3-7H,1-2H3/b4-3+. The molecule has 5 nitrogen and oxygen atoms in total. The third-order valence-corrected chi connectivity index (χ3v) is 1.79. The number of aromatic nitrogens is 1. The number of carbonyl (C=O) groups excluding carboxylic acids is 2. The lowest BCUT2D eigenvalue weighted by atomic mass is 10.2. The van der Waals surface area contributed by atoms with E-state index < -0.39 is 11.9 Å². The van der Waals surface area contributed by atoms with Crippen molar-refractivity contribution in [2.75, 3.05) is 14.2 Å². The predicted octanol–water partition coefficient (Wildman–Crippen LogP) is 1.05. The zero-order valence-corrected chi connectivity index (χ0v) is 8.97. The van der Waals surface area contributed by atoms with Crippen LogP contribution in [-0.2, 0) is 14.3 Å². The molecule has 0 radical (unpaired) electrons. The largest absolute Gasteiger partial charge is 0.466 e. The molecule has 1 rings (SSSR count). The van der Waals surface area contributed by atoms with Gasteiger partial charge in [-0.05, 0) is 17.7 Å². The van der Waals surface area contributed by atoms with Gasteiger partial charge in [0.05, 0.1) is 19.8 Å². The molecule has 0 atom stereocenters. The summed E-state index contributed by atoms with van der Waals surface area (Å²) in [5.74, 6) is -0.940. The summed E-state index contributed by atoms with van der Waals surface area (Å²) in [4.78, 5) is 25.9. The van der Waals surface area contributed by atoms with Crippen molar-refractivity contribution >= 4 is 18.0 Å². The number of nitrogens with zero attached hydrogens (tertiary/aromatic N) is 1. The molecule has 0 aliphatic rings. The van der Waals surface area contributed by atoms with E-state index in [0.717, 1.165) is 0 Å². The second kappa shape index (κ2) is 5.65. The fraction of sp³-hybridized carbons (Fsp3) is 0.182. The summed E-state index contributed by atoms with van der Waals surface area (Å²) in [6.45, 7) is 0. The summed E-state index contributed by atoms with van der Waals surface area (Å²) in [6.07, 6.45) is 5.66. The van der Waals surface area contributed by atoms with E-state index in [0.29, 0.717) is 11.1 Å². The minimum Gasteiger partial charge on any atom is -0.466 e. The number of methoxy groups -OCH3 is 2. The summed E-state index contributed by atoms with van der Waals surface area (Å²) < 4.78 is 8.98. The lowest BCUT2D eigenvalue weighted by molar-refractivity contribution is -0.134. The Morgan fingerprint density at radius 1 is 1.25 bits per heavy atom. The van der Waals surface area contributed by atoms with Gasteiger partial charge in [0, 0.05) is 18.5 Å². The SMILES string of the molecule is COC(=O)/C=C/c1cncc(C(=O)OC)c1. The highest BCUT2D eigenvalue weighted by Crippen LogP contribution is 2.06. The first-order valence-electron chi connectivity index (χ1n) is 4.46. The number of hydrogen-bond acceptors (Lipinski definition) is 5. The predicted molar refractivity (Wildman–Crippen MR) is 56.6 cm³/mol. The zero-order chi connectivity index (χ0) is 12.0. The van der Waals surface area contributed by atoms with Crippen LogP contribution in [-0.4, -0.2) is 31.1 Å². The highest BCUT2D eigenvalue weighted by molar-refractivity contribution is 5.90. The summed E-state index contributed by atoms with van der Waals surface area (Å²) >= 11 is 0. The Bertz CT molecular complexity index is 426. The van der Waals surface area contributed by atoms with Crippen LogP contribution in [0.1, 0.15) is 15.9 Å². The zero-order valence-electron chi connectivity index (χ0n) is 8.97. The Labute approximate surface area is 92.7 Å². The summed E-state index contributed by atoms with van der Waals surface area (Å²) in [5.41, 5.74) is 0.947. The molecule has 84 valence electrons. The molecule has 0 saturated carbocycles. The average molecular weight is 221 g/mol. The van der Waals surface area contributed by atoms with Crippen molar-refractivity contribution in [1.82, 2.24) is 4.98 Å². The first kappa shape index (κ1) is 11.9. The van der Waals surface area contributed by atoms with E-state index in [-0.39, 0.29) is 0 Å². The van der Waals surface area contributed by atoms with Crippen LogP contribution in [0.5, 0.6) is 0 Å². The number of esters is 2. The van der Waals surface area contributed by atoms with Gasteiger partial charge in [-0.25, -0.2) is 9.59 Å². The molecule has 0 fully saturated rings. The third-order valence-electron chi connectivity index (χ3n) is 1.79. The van der Waals surface area contributed by atoms with Crippen molar-refractivity contribution in [1.29, 1.82) is 0 Å². The monoisotopic (exact) mass is 221 g/mol. The van der Waals surface area contributed by atoms with E-state index >= 15 is 0 Å². The summed E-state index contributed by atoms with van der Waals surface area (Å²) in [7, 11) is 2.58. The van der Waals surface area contributed by atoms with Gasteiger partial charge in [-0.3, -0.25) is 4.98 Å². The van der Waals surface area contributed by atoms with E-state index in [1.54, 1.807) is 6.07 Å². The summed E-state index contributed by atoms with van der Waals surface area (Å²) in [6, 6.07) is 1.57. The van der Waals surface area contributed by atoms with Crippen molar-refractivity contribution in [3.8, 4) is 0 Å². The first-order valence-corrected chi connectivity index (χ1v) is 4.46. The van der Waals surface area contributed by atoms with Gasteiger partial charge in [-0.1, -0.05) is 0 Å². The van der Waals surface area contributed by atoms with E-state index in [4.69, 9.17) is 0 Å². The number of carbonyl (C=O) groups is 2. The maximum atomic E-state index is 11.2. The van der Waals surface area contributed by atoms with Crippen molar-refractivity contribution in [3.05, 3.63) is 35.7 Å². The maximum absolute atomic E-state index is 11.2. The topological polar surface area (TPSA) is 65.5 Å². The van der Waals surface area contributed by atoms with Gasteiger partial charge in [0.25, 0.3) is 0 Å². The fourth-order valence-electron chi connectivity index (χ4n) is 1.01. The van der Waals surface area contributed by atoms with Crippen LogP contribution < -0.4 is 0 Å². The van der Waals surface area contributed by atoms with Crippen LogP contribution in [0.4, 0.5) is 0 Å². The fourth-order valence-corrected chi connectivity index (χ4v) is 1.01.